The molecule has 0 radical (unpaired) electrons. The number of alkyl halides is 3. The van der Waals surface area contributed by atoms with Crippen LogP contribution in [-0.4, -0.2) is 49.8 Å². The molecule has 0 aliphatic carbocycles. The molecule has 2 aromatic rings. The summed E-state index contributed by atoms with van der Waals surface area (Å²) in [6.45, 7) is 5.05. The zero-order chi connectivity index (χ0) is 24.7. The van der Waals surface area contributed by atoms with Crippen LogP contribution in [0.5, 0.6) is 0 Å². The van der Waals surface area contributed by atoms with Crippen molar-refractivity contribution in [1.29, 1.82) is 0 Å². The standard InChI is InChI=1S/C17H19FN2O4S.C2HF3O2/c1-3-20(4-2)16-10-7-13(11-15(16)17(21)22)19-25(23,24)14-8-5-12(18)6-9-14;3-2(4,5)1(6)7/h5-11,19H,3-4H2,1-2H3,(H,21,22);(H,6,7). The van der Waals surface area contributed by atoms with Crippen LogP contribution in [0.4, 0.5) is 28.9 Å². The Labute approximate surface area is 181 Å². The molecule has 0 heterocycles. The maximum Gasteiger partial charge on any atom is 0.490 e. The molecule has 32 heavy (non-hydrogen) atoms. The maximum atomic E-state index is 12.9. The first-order chi connectivity index (χ1) is 14.7. The third-order valence-corrected chi connectivity index (χ3v) is 5.35. The van der Waals surface area contributed by atoms with Crippen LogP contribution in [0.15, 0.2) is 47.4 Å². The molecule has 0 atom stereocenters. The van der Waals surface area contributed by atoms with Gasteiger partial charge in [0.15, 0.2) is 0 Å². The Morgan fingerprint density at radius 3 is 1.91 bits per heavy atom. The Hall–Kier alpha value is -3.35. The van der Waals surface area contributed by atoms with Crippen LogP contribution in [0.3, 0.4) is 0 Å². The van der Waals surface area contributed by atoms with Gasteiger partial charge in [0.05, 0.1) is 16.1 Å². The molecule has 2 aromatic carbocycles. The van der Waals surface area contributed by atoms with Crippen LogP contribution in [-0.2, 0) is 14.8 Å². The number of benzene rings is 2. The number of nitrogens with one attached hydrogen (secondary N) is 1. The third-order valence-electron chi connectivity index (χ3n) is 3.95. The average molecular weight is 480 g/mol. The van der Waals surface area contributed by atoms with Gasteiger partial charge in [0.1, 0.15) is 5.82 Å². The minimum absolute atomic E-state index is 0.00278. The summed E-state index contributed by atoms with van der Waals surface area (Å²) >= 11 is 0. The first-order valence-corrected chi connectivity index (χ1v) is 10.4. The number of anilines is 2. The Kier molecular flexibility index (Phi) is 9.00. The van der Waals surface area contributed by atoms with Gasteiger partial charge in [0, 0.05) is 18.8 Å². The second kappa shape index (κ2) is 10.8. The van der Waals surface area contributed by atoms with Gasteiger partial charge in [0.25, 0.3) is 10.0 Å². The predicted octanol–water partition coefficient (Wildman–Crippen LogP) is 3.80. The van der Waals surface area contributed by atoms with Crippen LogP contribution in [0.25, 0.3) is 0 Å². The average Bonchev–Trinajstić information content (AvgIpc) is 2.69. The highest BCUT2D eigenvalue weighted by Crippen LogP contribution is 2.26. The molecule has 2 rings (SSSR count). The summed E-state index contributed by atoms with van der Waals surface area (Å²) in [6, 6.07) is 8.71. The fourth-order valence-corrected chi connectivity index (χ4v) is 3.49. The van der Waals surface area contributed by atoms with Crippen molar-refractivity contribution in [2.45, 2.75) is 24.9 Å². The zero-order valence-corrected chi connectivity index (χ0v) is 17.7. The highest BCUT2D eigenvalue weighted by atomic mass is 32.2. The number of nitrogens with zero attached hydrogens (tertiary/aromatic N) is 1. The molecule has 8 nitrogen and oxygen atoms in total. The van der Waals surface area contributed by atoms with E-state index < -0.39 is 34.0 Å². The van der Waals surface area contributed by atoms with Crippen molar-refractivity contribution in [3.63, 3.8) is 0 Å². The summed E-state index contributed by atoms with van der Waals surface area (Å²) < 4.78 is 71.7. The van der Waals surface area contributed by atoms with Gasteiger partial charge in [-0.25, -0.2) is 22.4 Å². The Morgan fingerprint density at radius 1 is 1.00 bits per heavy atom. The highest BCUT2D eigenvalue weighted by Gasteiger charge is 2.38. The third kappa shape index (κ3) is 7.41. The second-order valence-electron chi connectivity index (χ2n) is 6.07. The molecule has 0 fully saturated rings. The summed E-state index contributed by atoms with van der Waals surface area (Å²) in [7, 11) is -3.94. The lowest BCUT2D eigenvalue weighted by Crippen LogP contribution is -2.24. The molecular formula is C19H20F4N2O6S. The van der Waals surface area contributed by atoms with Crippen molar-refractivity contribution in [1.82, 2.24) is 0 Å². The van der Waals surface area contributed by atoms with Crippen molar-refractivity contribution < 1.29 is 45.8 Å². The van der Waals surface area contributed by atoms with Gasteiger partial charge in [-0.05, 0) is 56.3 Å². The Bertz CT molecular complexity index is 1050. The number of hydrogen-bond donors (Lipinski definition) is 3. The first kappa shape index (κ1) is 26.7. The van der Waals surface area contributed by atoms with E-state index in [2.05, 4.69) is 4.72 Å². The smallest absolute Gasteiger partial charge is 0.478 e. The van der Waals surface area contributed by atoms with Gasteiger partial charge in [-0.15, -0.1) is 0 Å². The molecule has 0 amide bonds. The van der Waals surface area contributed by atoms with Gasteiger partial charge in [0.2, 0.25) is 0 Å². The van der Waals surface area contributed by atoms with Crippen LogP contribution in [0.2, 0.25) is 0 Å². The summed E-state index contributed by atoms with van der Waals surface area (Å²) in [6.07, 6.45) is -5.08. The molecule has 0 saturated carbocycles. The molecule has 0 saturated heterocycles. The van der Waals surface area contributed by atoms with E-state index in [0.29, 0.717) is 18.8 Å². The Morgan fingerprint density at radius 2 is 1.50 bits per heavy atom. The lowest BCUT2D eigenvalue weighted by Gasteiger charge is -2.23. The largest absolute Gasteiger partial charge is 0.490 e. The number of carboxylic acid groups (broad SMARTS) is 2. The van der Waals surface area contributed by atoms with Crippen molar-refractivity contribution >= 4 is 33.3 Å². The summed E-state index contributed by atoms with van der Waals surface area (Å²) in [5.74, 6) is -4.45. The molecular weight excluding hydrogens is 460 g/mol. The Balaban J connectivity index is 0.000000633. The molecule has 176 valence electrons. The van der Waals surface area contributed by atoms with Crippen molar-refractivity contribution in [3.05, 3.63) is 53.8 Å². The number of halogens is 4. The van der Waals surface area contributed by atoms with E-state index in [1.807, 2.05) is 18.7 Å². The van der Waals surface area contributed by atoms with Gasteiger partial charge < -0.3 is 15.1 Å². The predicted molar refractivity (Wildman–Crippen MR) is 108 cm³/mol. The fraction of sp³-hybridized carbons (Fsp3) is 0.263. The molecule has 0 aromatic heterocycles. The number of hydrogen-bond acceptors (Lipinski definition) is 5. The zero-order valence-electron chi connectivity index (χ0n) is 16.9. The van der Waals surface area contributed by atoms with E-state index in [0.717, 1.165) is 24.3 Å². The fourth-order valence-electron chi connectivity index (χ4n) is 2.44. The van der Waals surface area contributed by atoms with Crippen molar-refractivity contribution in [3.8, 4) is 0 Å². The normalized spacial score (nSPS) is 11.2. The summed E-state index contributed by atoms with van der Waals surface area (Å²) in [5, 5.41) is 16.6. The molecule has 0 bridgehead atoms. The maximum absolute atomic E-state index is 12.9. The number of carbonyl (C=O) groups is 2. The van der Waals surface area contributed by atoms with E-state index in [1.54, 1.807) is 6.07 Å². The van der Waals surface area contributed by atoms with Gasteiger partial charge in [-0.1, -0.05) is 0 Å². The van der Waals surface area contributed by atoms with E-state index >= 15 is 0 Å². The molecule has 0 unspecified atom stereocenters. The van der Waals surface area contributed by atoms with E-state index in [4.69, 9.17) is 9.90 Å². The van der Waals surface area contributed by atoms with E-state index in [9.17, 15) is 35.9 Å². The van der Waals surface area contributed by atoms with Gasteiger partial charge >= 0.3 is 18.1 Å². The SMILES string of the molecule is CCN(CC)c1ccc(NS(=O)(=O)c2ccc(F)cc2)cc1C(=O)O.O=C(O)C(F)(F)F. The molecule has 0 aliphatic rings. The van der Waals surface area contributed by atoms with Crippen LogP contribution < -0.4 is 9.62 Å². The quantitative estimate of drug-likeness (QED) is 0.515. The lowest BCUT2D eigenvalue weighted by atomic mass is 10.1. The number of rotatable bonds is 7. The molecule has 3 N–H and O–H groups in total. The number of aliphatic carboxylic acids is 1. The van der Waals surface area contributed by atoms with E-state index in [-0.39, 0.29) is 16.1 Å². The van der Waals surface area contributed by atoms with Gasteiger partial charge in [-0.3, -0.25) is 4.72 Å². The van der Waals surface area contributed by atoms with Crippen LogP contribution in [0.1, 0.15) is 24.2 Å². The van der Waals surface area contributed by atoms with Crippen LogP contribution >= 0.6 is 0 Å². The number of carboxylic acids is 2. The summed E-state index contributed by atoms with van der Waals surface area (Å²) in [5.41, 5.74) is 0.642. The topological polar surface area (TPSA) is 124 Å². The number of sulfonamides is 1. The van der Waals surface area contributed by atoms with E-state index in [1.165, 1.54) is 12.1 Å². The molecule has 0 spiro atoms. The van der Waals surface area contributed by atoms with Crippen molar-refractivity contribution in [2.75, 3.05) is 22.7 Å². The molecule has 0 aliphatic heterocycles. The summed E-state index contributed by atoms with van der Waals surface area (Å²) in [4.78, 5) is 22.2. The minimum atomic E-state index is -5.08. The van der Waals surface area contributed by atoms with Gasteiger partial charge in [-0.2, -0.15) is 13.2 Å². The number of aromatic carboxylic acids is 1. The highest BCUT2D eigenvalue weighted by molar-refractivity contribution is 7.92. The first-order valence-electron chi connectivity index (χ1n) is 8.93. The lowest BCUT2D eigenvalue weighted by molar-refractivity contribution is -0.192. The van der Waals surface area contributed by atoms with Crippen molar-refractivity contribution in [2.24, 2.45) is 0 Å². The van der Waals surface area contributed by atoms with Crippen LogP contribution in [0, 0.1) is 5.82 Å². The molecule has 13 heteroatoms. The minimum Gasteiger partial charge on any atom is -0.478 e. The second-order valence-corrected chi connectivity index (χ2v) is 7.75. The monoisotopic (exact) mass is 480 g/mol.